The number of hydrogen-bond donors (Lipinski definition) is 0. The van der Waals surface area contributed by atoms with Gasteiger partial charge in [-0.05, 0) is 25.1 Å². The van der Waals surface area contributed by atoms with Gasteiger partial charge in [-0.25, -0.2) is 8.42 Å². The van der Waals surface area contributed by atoms with Gasteiger partial charge in [0, 0.05) is 37.8 Å². The second kappa shape index (κ2) is 6.32. The van der Waals surface area contributed by atoms with Gasteiger partial charge in [-0.2, -0.15) is 4.31 Å². The number of sulfonamides is 1. The van der Waals surface area contributed by atoms with Crippen molar-refractivity contribution in [2.45, 2.75) is 18.2 Å². The molecule has 118 valence electrons. The Bertz CT molecular complexity index is 748. The van der Waals surface area contributed by atoms with E-state index in [0.29, 0.717) is 23.5 Å². The van der Waals surface area contributed by atoms with Gasteiger partial charge in [0.05, 0.1) is 5.52 Å². The summed E-state index contributed by atoms with van der Waals surface area (Å²) in [6.45, 7) is 5.86. The first kappa shape index (κ1) is 15.4. The molecule has 0 spiro atoms. The average Bonchev–Trinajstić information content (AvgIpc) is 2.55. The van der Waals surface area contributed by atoms with E-state index in [4.69, 9.17) is 0 Å². The van der Waals surface area contributed by atoms with E-state index in [-0.39, 0.29) is 0 Å². The number of nitrogens with zero attached hydrogens (tertiary/aromatic N) is 3. The SMILES string of the molecule is CCCN1CCN(S(=O)(=O)c2cccc3cccnc23)CC1. The molecule has 1 aromatic carbocycles. The molecule has 1 aliphatic heterocycles. The smallest absolute Gasteiger partial charge is 0.245 e. The van der Waals surface area contributed by atoms with E-state index in [1.807, 2.05) is 18.2 Å². The highest BCUT2D eigenvalue weighted by Gasteiger charge is 2.29. The first-order valence-electron chi connectivity index (χ1n) is 7.69. The van der Waals surface area contributed by atoms with Crippen LogP contribution in [0.1, 0.15) is 13.3 Å². The Morgan fingerprint density at radius 1 is 1.09 bits per heavy atom. The third-order valence-corrected chi connectivity index (χ3v) is 6.01. The topological polar surface area (TPSA) is 53.5 Å². The molecule has 2 heterocycles. The van der Waals surface area contributed by atoms with E-state index >= 15 is 0 Å². The van der Waals surface area contributed by atoms with Crippen LogP contribution in [-0.4, -0.2) is 55.3 Å². The zero-order valence-electron chi connectivity index (χ0n) is 12.8. The van der Waals surface area contributed by atoms with Crippen molar-refractivity contribution in [2.75, 3.05) is 32.7 Å². The Labute approximate surface area is 131 Å². The van der Waals surface area contributed by atoms with Crippen molar-refractivity contribution in [3.05, 3.63) is 36.5 Å². The lowest BCUT2D eigenvalue weighted by molar-refractivity contribution is 0.189. The predicted octanol–water partition coefficient (Wildman–Crippen LogP) is 1.95. The van der Waals surface area contributed by atoms with Crippen molar-refractivity contribution < 1.29 is 8.42 Å². The fourth-order valence-corrected chi connectivity index (χ4v) is 4.52. The van der Waals surface area contributed by atoms with Crippen LogP contribution in [0.5, 0.6) is 0 Å². The maximum absolute atomic E-state index is 12.9. The van der Waals surface area contributed by atoms with Crippen LogP contribution >= 0.6 is 0 Å². The highest BCUT2D eigenvalue weighted by molar-refractivity contribution is 7.89. The van der Waals surface area contributed by atoms with Crippen LogP contribution in [0.2, 0.25) is 0 Å². The van der Waals surface area contributed by atoms with Crippen LogP contribution in [0.4, 0.5) is 0 Å². The fourth-order valence-electron chi connectivity index (χ4n) is 2.93. The molecular weight excluding hydrogens is 298 g/mol. The molecule has 1 fully saturated rings. The second-order valence-corrected chi connectivity index (χ2v) is 7.48. The molecule has 1 aliphatic rings. The number of aromatic nitrogens is 1. The van der Waals surface area contributed by atoms with E-state index in [9.17, 15) is 8.42 Å². The lowest BCUT2D eigenvalue weighted by Crippen LogP contribution is -2.48. The third kappa shape index (κ3) is 2.86. The summed E-state index contributed by atoms with van der Waals surface area (Å²) in [5.41, 5.74) is 0.556. The normalized spacial score (nSPS) is 17.9. The van der Waals surface area contributed by atoms with Crippen molar-refractivity contribution in [1.82, 2.24) is 14.2 Å². The van der Waals surface area contributed by atoms with Crippen LogP contribution in [-0.2, 0) is 10.0 Å². The molecule has 0 aliphatic carbocycles. The van der Waals surface area contributed by atoms with Crippen molar-refractivity contribution in [1.29, 1.82) is 0 Å². The number of para-hydroxylation sites is 1. The second-order valence-electron chi connectivity index (χ2n) is 5.58. The molecule has 0 amide bonds. The molecule has 0 atom stereocenters. The highest BCUT2D eigenvalue weighted by Crippen LogP contribution is 2.24. The first-order chi connectivity index (χ1) is 10.6. The van der Waals surface area contributed by atoms with Crippen molar-refractivity contribution >= 4 is 20.9 Å². The molecule has 0 N–H and O–H groups in total. The minimum atomic E-state index is -3.48. The molecule has 2 aromatic rings. The average molecular weight is 319 g/mol. The van der Waals surface area contributed by atoms with E-state index in [2.05, 4.69) is 16.8 Å². The Kier molecular flexibility index (Phi) is 4.42. The predicted molar refractivity (Wildman–Crippen MR) is 87.2 cm³/mol. The maximum Gasteiger partial charge on any atom is 0.245 e. The summed E-state index contributed by atoms with van der Waals surface area (Å²) >= 11 is 0. The maximum atomic E-state index is 12.9. The number of rotatable bonds is 4. The van der Waals surface area contributed by atoms with E-state index < -0.39 is 10.0 Å². The molecule has 0 unspecified atom stereocenters. The Hall–Kier alpha value is -1.50. The molecule has 1 aromatic heterocycles. The summed E-state index contributed by atoms with van der Waals surface area (Å²) in [7, 11) is -3.48. The molecule has 3 rings (SSSR count). The summed E-state index contributed by atoms with van der Waals surface area (Å²) in [6.07, 6.45) is 2.74. The van der Waals surface area contributed by atoms with Crippen molar-refractivity contribution in [3.63, 3.8) is 0 Å². The standard InChI is InChI=1S/C16H21N3O2S/c1-2-9-18-10-12-19(13-11-18)22(20,21)15-7-3-5-14-6-4-8-17-16(14)15/h3-8H,2,9-13H2,1H3. The largest absolute Gasteiger partial charge is 0.301 e. The van der Waals surface area contributed by atoms with Gasteiger partial charge in [0.2, 0.25) is 10.0 Å². The van der Waals surface area contributed by atoms with Gasteiger partial charge in [0.25, 0.3) is 0 Å². The summed E-state index contributed by atoms with van der Waals surface area (Å²) in [5.74, 6) is 0. The van der Waals surface area contributed by atoms with Crippen LogP contribution in [0.15, 0.2) is 41.4 Å². The number of fused-ring (bicyclic) bond motifs is 1. The molecule has 0 bridgehead atoms. The molecule has 6 heteroatoms. The quantitative estimate of drug-likeness (QED) is 0.864. The Morgan fingerprint density at radius 3 is 2.55 bits per heavy atom. The summed E-state index contributed by atoms with van der Waals surface area (Å²) < 4.78 is 27.5. The lowest BCUT2D eigenvalue weighted by Gasteiger charge is -2.33. The van der Waals surface area contributed by atoms with Gasteiger partial charge in [-0.1, -0.05) is 25.1 Å². The first-order valence-corrected chi connectivity index (χ1v) is 9.13. The van der Waals surface area contributed by atoms with E-state index in [0.717, 1.165) is 31.4 Å². The summed E-state index contributed by atoms with van der Waals surface area (Å²) in [6, 6.07) is 9.04. The zero-order valence-corrected chi connectivity index (χ0v) is 13.6. The van der Waals surface area contributed by atoms with E-state index in [1.165, 1.54) is 0 Å². The van der Waals surface area contributed by atoms with Crippen LogP contribution < -0.4 is 0 Å². The molecule has 1 saturated heterocycles. The third-order valence-electron chi connectivity index (χ3n) is 4.08. The van der Waals surface area contributed by atoms with Gasteiger partial charge >= 0.3 is 0 Å². The fraction of sp³-hybridized carbons (Fsp3) is 0.438. The Balaban J connectivity index is 1.90. The highest BCUT2D eigenvalue weighted by atomic mass is 32.2. The van der Waals surface area contributed by atoms with Gasteiger partial charge in [-0.15, -0.1) is 0 Å². The molecular formula is C16H21N3O2S. The molecule has 5 nitrogen and oxygen atoms in total. The van der Waals surface area contributed by atoms with E-state index in [1.54, 1.807) is 22.6 Å². The van der Waals surface area contributed by atoms with Crippen molar-refractivity contribution in [3.8, 4) is 0 Å². The number of benzene rings is 1. The molecule has 0 radical (unpaired) electrons. The monoisotopic (exact) mass is 319 g/mol. The van der Waals surface area contributed by atoms with Gasteiger partial charge in [-0.3, -0.25) is 4.98 Å². The van der Waals surface area contributed by atoms with Crippen molar-refractivity contribution in [2.24, 2.45) is 0 Å². The zero-order chi connectivity index (χ0) is 15.6. The van der Waals surface area contributed by atoms with Gasteiger partial charge in [0.1, 0.15) is 4.90 Å². The van der Waals surface area contributed by atoms with Crippen LogP contribution in [0.3, 0.4) is 0 Å². The molecule has 0 saturated carbocycles. The van der Waals surface area contributed by atoms with Gasteiger partial charge < -0.3 is 4.90 Å². The summed E-state index contributed by atoms with van der Waals surface area (Å²) in [4.78, 5) is 6.90. The molecule has 22 heavy (non-hydrogen) atoms. The number of pyridine rings is 1. The minimum Gasteiger partial charge on any atom is -0.301 e. The van der Waals surface area contributed by atoms with Gasteiger partial charge in [0.15, 0.2) is 0 Å². The minimum absolute atomic E-state index is 0.314. The number of hydrogen-bond acceptors (Lipinski definition) is 4. The lowest BCUT2D eigenvalue weighted by atomic mass is 10.2. The number of piperazine rings is 1. The Morgan fingerprint density at radius 2 is 1.82 bits per heavy atom. The van der Waals surface area contributed by atoms with Crippen LogP contribution in [0, 0.1) is 0 Å². The summed E-state index contributed by atoms with van der Waals surface area (Å²) in [5, 5.41) is 0.855. The van der Waals surface area contributed by atoms with Crippen LogP contribution in [0.25, 0.3) is 10.9 Å².